The van der Waals surface area contributed by atoms with Crippen LogP contribution in [-0.4, -0.2) is 17.0 Å². The molecule has 1 aliphatic carbocycles. The number of hydrogen-bond acceptors (Lipinski definition) is 3. The van der Waals surface area contributed by atoms with Gasteiger partial charge in [-0.15, -0.1) is 0 Å². The minimum absolute atomic E-state index is 0.179. The van der Waals surface area contributed by atoms with Gasteiger partial charge >= 0.3 is 0 Å². The molecule has 0 radical (unpaired) electrons. The number of aliphatic hydroxyl groups excluding tert-OH is 1. The van der Waals surface area contributed by atoms with Gasteiger partial charge in [0.25, 0.3) is 0 Å². The van der Waals surface area contributed by atoms with Crippen LogP contribution in [0.4, 0.5) is 8.78 Å². The monoisotopic (exact) mass is 241 g/mol. The van der Waals surface area contributed by atoms with Crippen LogP contribution in [0.2, 0.25) is 0 Å². The summed E-state index contributed by atoms with van der Waals surface area (Å²) in [5, 5.41) is 9.49. The van der Waals surface area contributed by atoms with Crippen LogP contribution in [0.1, 0.15) is 24.8 Å². The molecule has 1 aromatic carbocycles. The summed E-state index contributed by atoms with van der Waals surface area (Å²) in [4.78, 5) is 11.8. The van der Waals surface area contributed by atoms with Gasteiger partial charge in [-0.3, -0.25) is 4.79 Å². The molecular formula is C12H13F2NO2. The van der Waals surface area contributed by atoms with Crippen molar-refractivity contribution in [1.82, 2.24) is 0 Å². The molecule has 3 N–H and O–H groups in total. The average molecular weight is 241 g/mol. The molecule has 0 spiro atoms. The zero-order valence-electron chi connectivity index (χ0n) is 9.12. The molecule has 0 bridgehead atoms. The van der Waals surface area contributed by atoms with Gasteiger partial charge in [-0.1, -0.05) is 0 Å². The maximum atomic E-state index is 13.6. The summed E-state index contributed by atoms with van der Waals surface area (Å²) >= 11 is 0. The fraction of sp³-hybridized carbons (Fsp3) is 0.417. The number of halogens is 2. The minimum atomic E-state index is -1.62. The largest absolute Gasteiger partial charge is 0.385 e. The van der Waals surface area contributed by atoms with Crippen LogP contribution in [0.25, 0.3) is 0 Å². The van der Waals surface area contributed by atoms with Crippen molar-refractivity contribution in [3.8, 4) is 0 Å². The van der Waals surface area contributed by atoms with E-state index in [1.54, 1.807) is 0 Å². The normalized spacial score (nSPS) is 29.4. The van der Waals surface area contributed by atoms with Gasteiger partial charge in [-0.05, 0) is 37.5 Å². The number of aliphatic hydroxyl groups is 1. The third-order valence-electron chi connectivity index (χ3n) is 3.20. The van der Waals surface area contributed by atoms with Crippen molar-refractivity contribution in [2.75, 3.05) is 0 Å². The molecule has 2 rings (SSSR count). The topological polar surface area (TPSA) is 63.3 Å². The Morgan fingerprint density at radius 3 is 2.82 bits per heavy atom. The highest BCUT2D eigenvalue weighted by atomic mass is 19.1. The molecule has 5 heteroatoms. The van der Waals surface area contributed by atoms with E-state index in [0.717, 1.165) is 18.2 Å². The van der Waals surface area contributed by atoms with Gasteiger partial charge in [0.2, 0.25) is 0 Å². The molecule has 1 aliphatic rings. The molecule has 17 heavy (non-hydrogen) atoms. The number of Topliss-reactive ketones (excluding diaryl/α,β-unsaturated/α-hetero) is 1. The smallest absolute Gasteiger partial charge is 0.185 e. The third kappa shape index (κ3) is 1.96. The number of hydrogen-bond donors (Lipinski definition) is 2. The minimum Gasteiger partial charge on any atom is -0.385 e. The predicted molar refractivity (Wildman–Crippen MR) is 57.1 cm³/mol. The first-order valence-electron chi connectivity index (χ1n) is 5.42. The Labute approximate surface area is 97.2 Å². The Kier molecular flexibility index (Phi) is 2.97. The van der Waals surface area contributed by atoms with Crippen LogP contribution >= 0.6 is 0 Å². The summed E-state index contributed by atoms with van der Waals surface area (Å²) in [6, 6.07) is 2.82. The molecular weight excluding hydrogens is 228 g/mol. The summed E-state index contributed by atoms with van der Waals surface area (Å²) in [5.41, 5.74) is 4.07. The van der Waals surface area contributed by atoms with E-state index >= 15 is 0 Å². The fourth-order valence-corrected chi connectivity index (χ4v) is 2.23. The second kappa shape index (κ2) is 4.16. The predicted octanol–water partition coefficient (Wildman–Crippen LogP) is 1.23. The molecule has 0 amide bonds. The van der Waals surface area contributed by atoms with Crippen molar-refractivity contribution in [1.29, 1.82) is 0 Å². The van der Waals surface area contributed by atoms with Crippen LogP contribution < -0.4 is 5.73 Å². The Morgan fingerprint density at radius 1 is 1.41 bits per heavy atom. The fourth-order valence-electron chi connectivity index (χ4n) is 2.23. The lowest BCUT2D eigenvalue weighted by atomic mass is 9.75. The lowest BCUT2D eigenvalue weighted by Gasteiger charge is -2.34. The highest BCUT2D eigenvalue weighted by Crippen LogP contribution is 2.34. The molecule has 3 nitrogen and oxygen atoms in total. The standard InChI is InChI=1S/C12H13F2NO2/c13-7-3-4-9(14)8(6-7)12(15)5-1-2-10(16)11(12)17/h3-4,6,10,16H,1-2,5,15H2/t10-,12-/m1/s1. The lowest BCUT2D eigenvalue weighted by Crippen LogP contribution is -2.53. The van der Waals surface area contributed by atoms with Gasteiger partial charge in [-0.25, -0.2) is 8.78 Å². The molecule has 2 atom stereocenters. The summed E-state index contributed by atoms with van der Waals surface area (Å²) in [6.07, 6.45) is -0.173. The molecule has 0 saturated heterocycles. The molecule has 0 aliphatic heterocycles. The molecule has 1 aromatic rings. The number of rotatable bonds is 1. The highest BCUT2D eigenvalue weighted by Gasteiger charge is 2.44. The van der Waals surface area contributed by atoms with E-state index in [1.807, 2.05) is 0 Å². The highest BCUT2D eigenvalue weighted by molar-refractivity contribution is 5.93. The zero-order chi connectivity index (χ0) is 12.6. The number of carbonyl (C=O) groups is 1. The second-order valence-electron chi connectivity index (χ2n) is 4.37. The number of nitrogens with two attached hydrogens (primary N) is 1. The van der Waals surface area contributed by atoms with E-state index in [-0.39, 0.29) is 12.0 Å². The van der Waals surface area contributed by atoms with Gasteiger partial charge in [0.05, 0.1) is 0 Å². The number of ketones is 1. The van der Waals surface area contributed by atoms with Crippen molar-refractivity contribution in [3.63, 3.8) is 0 Å². The van der Waals surface area contributed by atoms with Crippen LogP contribution in [-0.2, 0) is 10.3 Å². The maximum absolute atomic E-state index is 13.6. The van der Waals surface area contributed by atoms with E-state index < -0.39 is 29.1 Å². The van der Waals surface area contributed by atoms with Crippen LogP contribution in [0.5, 0.6) is 0 Å². The van der Waals surface area contributed by atoms with E-state index in [1.165, 1.54) is 0 Å². The van der Waals surface area contributed by atoms with E-state index in [4.69, 9.17) is 5.73 Å². The van der Waals surface area contributed by atoms with Crippen molar-refractivity contribution in [2.24, 2.45) is 5.73 Å². The van der Waals surface area contributed by atoms with Crippen LogP contribution in [0.3, 0.4) is 0 Å². The van der Waals surface area contributed by atoms with Gasteiger partial charge in [0, 0.05) is 5.56 Å². The average Bonchev–Trinajstić information content (AvgIpc) is 2.29. The van der Waals surface area contributed by atoms with Crippen molar-refractivity contribution in [3.05, 3.63) is 35.4 Å². The first-order chi connectivity index (χ1) is 7.95. The molecule has 0 unspecified atom stereocenters. The maximum Gasteiger partial charge on any atom is 0.185 e. The van der Waals surface area contributed by atoms with Crippen molar-refractivity contribution >= 4 is 5.78 Å². The van der Waals surface area contributed by atoms with E-state index in [2.05, 4.69) is 0 Å². The molecule has 92 valence electrons. The summed E-state index contributed by atoms with van der Waals surface area (Å²) in [6.45, 7) is 0. The van der Waals surface area contributed by atoms with Gasteiger partial charge < -0.3 is 10.8 Å². The number of benzene rings is 1. The molecule has 0 heterocycles. The second-order valence-corrected chi connectivity index (χ2v) is 4.37. The Balaban J connectivity index is 2.50. The Bertz CT molecular complexity index is 464. The molecule has 0 aromatic heterocycles. The zero-order valence-corrected chi connectivity index (χ0v) is 9.12. The number of carbonyl (C=O) groups excluding carboxylic acids is 1. The Hall–Kier alpha value is -1.33. The first-order valence-corrected chi connectivity index (χ1v) is 5.42. The molecule has 1 fully saturated rings. The van der Waals surface area contributed by atoms with Gasteiger partial charge in [-0.2, -0.15) is 0 Å². The van der Waals surface area contributed by atoms with Crippen LogP contribution in [0.15, 0.2) is 18.2 Å². The van der Waals surface area contributed by atoms with E-state index in [0.29, 0.717) is 12.8 Å². The summed E-state index contributed by atoms with van der Waals surface area (Å²) in [7, 11) is 0. The van der Waals surface area contributed by atoms with E-state index in [9.17, 15) is 18.7 Å². The van der Waals surface area contributed by atoms with Crippen molar-refractivity contribution < 1.29 is 18.7 Å². The van der Waals surface area contributed by atoms with Gasteiger partial charge in [0.15, 0.2) is 5.78 Å². The first kappa shape index (κ1) is 12.1. The van der Waals surface area contributed by atoms with Crippen molar-refractivity contribution in [2.45, 2.75) is 30.9 Å². The third-order valence-corrected chi connectivity index (χ3v) is 3.20. The quantitative estimate of drug-likeness (QED) is 0.777. The lowest BCUT2D eigenvalue weighted by molar-refractivity contribution is -0.136. The SMILES string of the molecule is N[C@@]1(c2cc(F)ccc2F)CCC[C@@H](O)C1=O. The molecule has 1 saturated carbocycles. The summed E-state index contributed by atoms with van der Waals surface area (Å²) in [5.74, 6) is -2.02. The Morgan fingerprint density at radius 2 is 2.12 bits per heavy atom. The summed E-state index contributed by atoms with van der Waals surface area (Å²) < 4.78 is 26.7. The van der Waals surface area contributed by atoms with Gasteiger partial charge in [0.1, 0.15) is 23.3 Å². The van der Waals surface area contributed by atoms with Crippen LogP contribution in [0, 0.1) is 11.6 Å².